The number of anilines is 1. The van der Waals surface area contributed by atoms with E-state index in [1.54, 1.807) is 26.0 Å². The quantitative estimate of drug-likeness (QED) is 0.644. The third kappa shape index (κ3) is 2.98. The first-order valence-electron chi connectivity index (χ1n) is 5.32. The lowest BCUT2D eigenvalue weighted by Crippen LogP contribution is -2.47. The average molecular weight is 316 g/mol. The fourth-order valence-electron chi connectivity index (χ4n) is 1.38. The standard InChI is InChI=1S/C11H14BrN3O3/c1-3-11(2,10(13)16)14-8-5-4-7(12)6-9(8)15(17)18/h4-6,14H,3H2,1-2H3,(H2,13,16). The highest BCUT2D eigenvalue weighted by Gasteiger charge is 2.31. The fourth-order valence-corrected chi connectivity index (χ4v) is 1.73. The predicted octanol–water partition coefficient (Wildman–Crippen LogP) is 2.42. The average Bonchev–Trinajstić information content (AvgIpc) is 2.30. The van der Waals surface area contributed by atoms with Crippen LogP contribution < -0.4 is 11.1 Å². The first kappa shape index (κ1) is 14.4. The number of hydrogen-bond donors (Lipinski definition) is 2. The Labute approximate surface area is 113 Å². The van der Waals surface area contributed by atoms with Crippen molar-refractivity contribution >= 4 is 33.2 Å². The number of benzene rings is 1. The molecule has 1 amide bonds. The first-order chi connectivity index (χ1) is 8.30. The highest BCUT2D eigenvalue weighted by molar-refractivity contribution is 9.10. The second kappa shape index (κ2) is 5.34. The van der Waals surface area contributed by atoms with Gasteiger partial charge in [-0.25, -0.2) is 0 Å². The van der Waals surface area contributed by atoms with Crippen molar-refractivity contribution in [1.29, 1.82) is 0 Å². The molecule has 0 aliphatic rings. The number of carbonyl (C=O) groups is 1. The van der Waals surface area contributed by atoms with Crippen molar-refractivity contribution in [2.75, 3.05) is 5.32 Å². The minimum atomic E-state index is -1.02. The number of nitrogens with zero attached hydrogens (tertiary/aromatic N) is 1. The van der Waals surface area contributed by atoms with Gasteiger partial charge in [-0.05, 0) is 25.5 Å². The maximum atomic E-state index is 11.4. The van der Waals surface area contributed by atoms with Gasteiger partial charge in [0, 0.05) is 10.5 Å². The van der Waals surface area contributed by atoms with Gasteiger partial charge < -0.3 is 11.1 Å². The van der Waals surface area contributed by atoms with Crippen LogP contribution in [0.1, 0.15) is 20.3 Å². The molecule has 3 N–H and O–H groups in total. The van der Waals surface area contributed by atoms with Gasteiger partial charge in [-0.2, -0.15) is 0 Å². The van der Waals surface area contributed by atoms with Gasteiger partial charge in [0.15, 0.2) is 0 Å². The van der Waals surface area contributed by atoms with E-state index in [4.69, 9.17) is 5.73 Å². The third-order valence-electron chi connectivity index (χ3n) is 2.82. The maximum absolute atomic E-state index is 11.4. The van der Waals surface area contributed by atoms with E-state index in [0.29, 0.717) is 10.9 Å². The molecule has 6 nitrogen and oxygen atoms in total. The van der Waals surface area contributed by atoms with Gasteiger partial charge in [0.25, 0.3) is 5.69 Å². The molecule has 1 aromatic carbocycles. The van der Waals surface area contributed by atoms with E-state index in [1.807, 2.05) is 0 Å². The van der Waals surface area contributed by atoms with Gasteiger partial charge in [-0.3, -0.25) is 14.9 Å². The highest BCUT2D eigenvalue weighted by atomic mass is 79.9. The van der Waals surface area contributed by atoms with Gasteiger partial charge in [0.05, 0.1) is 4.92 Å². The van der Waals surface area contributed by atoms with Gasteiger partial charge in [-0.1, -0.05) is 22.9 Å². The summed E-state index contributed by atoms with van der Waals surface area (Å²) in [5.41, 5.74) is 4.45. The lowest BCUT2D eigenvalue weighted by Gasteiger charge is -2.26. The van der Waals surface area contributed by atoms with Crippen LogP contribution in [-0.2, 0) is 4.79 Å². The topological polar surface area (TPSA) is 98.3 Å². The minimum absolute atomic E-state index is 0.106. The number of nitro groups is 1. The molecule has 18 heavy (non-hydrogen) atoms. The van der Waals surface area contributed by atoms with Gasteiger partial charge in [0.1, 0.15) is 11.2 Å². The molecule has 1 unspecified atom stereocenters. The Morgan fingerprint density at radius 3 is 2.67 bits per heavy atom. The number of rotatable bonds is 5. The Kier molecular flexibility index (Phi) is 4.28. The van der Waals surface area contributed by atoms with Crippen LogP contribution in [0.3, 0.4) is 0 Å². The second-order valence-corrected chi connectivity index (χ2v) is 5.01. The molecule has 0 saturated heterocycles. The van der Waals surface area contributed by atoms with Gasteiger partial charge >= 0.3 is 0 Å². The van der Waals surface area contributed by atoms with Crippen molar-refractivity contribution in [1.82, 2.24) is 0 Å². The zero-order valence-corrected chi connectivity index (χ0v) is 11.7. The molecule has 0 aliphatic heterocycles. The summed E-state index contributed by atoms with van der Waals surface area (Å²) in [5.74, 6) is -0.554. The highest BCUT2D eigenvalue weighted by Crippen LogP contribution is 2.30. The Morgan fingerprint density at radius 1 is 1.61 bits per heavy atom. The van der Waals surface area contributed by atoms with Crippen LogP contribution in [-0.4, -0.2) is 16.4 Å². The van der Waals surface area contributed by atoms with E-state index >= 15 is 0 Å². The number of nitrogens with one attached hydrogen (secondary N) is 1. The van der Waals surface area contributed by atoms with Crippen molar-refractivity contribution in [2.45, 2.75) is 25.8 Å². The molecule has 0 aromatic heterocycles. The Balaban J connectivity index is 3.18. The maximum Gasteiger partial charge on any atom is 0.293 e. The molecule has 0 bridgehead atoms. The Morgan fingerprint density at radius 2 is 2.22 bits per heavy atom. The lowest BCUT2D eigenvalue weighted by molar-refractivity contribution is -0.384. The van der Waals surface area contributed by atoms with Crippen molar-refractivity contribution in [3.05, 3.63) is 32.8 Å². The molecule has 0 aliphatic carbocycles. The predicted molar refractivity (Wildman–Crippen MR) is 72.3 cm³/mol. The fraction of sp³-hybridized carbons (Fsp3) is 0.364. The number of carbonyl (C=O) groups excluding carboxylic acids is 1. The summed E-state index contributed by atoms with van der Waals surface area (Å²) in [6.45, 7) is 3.39. The van der Waals surface area contributed by atoms with Crippen LogP contribution in [0.2, 0.25) is 0 Å². The Bertz CT molecular complexity index is 492. The molecule has 0 saturated carbocycles. The van der Waals surface area contributed by atoms with Crippen LogP contribution >= 0.6 is 15.9 Å². The second-order valence-electron chi connectivity index (χ2n) is 4.09. The molecule has 7 heteroatoms. The molecular formula is C11H14BrN3O3. The number of hydrogen-bond acceptors (Lipinski definition) is 4. The summed E-state index contributed by atoms with van der Waals surface area (Å²) in [6.07, 6.45) is 0.426. The summed E-state index contributed by atoms with van der Waals surface area (Å²) >= 11 is 3.17. The van der Waals surface area contributed by atoms with Crippen molar-refractivity contribution in [2.24, 2.45) is 5.73 Å². The zero-order valence-electron chi connectivity index (χ0n) is 10.1. The lowest BCUT2D eigenvalue weighted by atomic mass is 9.97. The summed E-state index contributed by atoms with van der Waals surface area (Å²) < 4.78 is 0.594. The van der Waals surface area contributed by atoms with Crippen molar-refractivity contribution in [3.8, 4) is 0 Å². The van der Waals surface area contributed by atoms with E-state index in [-0.39, 0.29) is 11.4 Å². The van der Waals surface area contributed by atoms with Crippen LogP contribution in [0.5, 0.6) is 0 Å². The molecule has 1 rings (SSSR count). The van der Waals surface area contributed by atoms with Crippen LogP contribution in [0.4, 0.5) is 11.4 Å². The number of nitro benzene ring substituents is 1. The molecule has 98 valence electrons. The number of primary amides is 1. The molecule has 0 spiro atoms. The molecule has 1 aromatic rings. The zero-order chi connectivity index (χ0) is 13.9. The SMILES string of the molecule is CCC(C)(Nc1ccc(Br)cc1[N+](=O)[O-])C(N)=O. The monoisotopic (exact) mass is 315 g/mol. The van der Waals surface area contributed by atoms with Gasteiger partial charge in [0.2, 0.25) is 5.91 Å². The van der Waals surface area contributed by atoms with Crippen LogP contribution in [0, 0.1) is 10.1 Å². The van der Waals surface area contributed by atoms with Crippen LogP contribution in [0.25, 0.3) is 0 Å². The van der Waals surface area contributed by atoms with Crippen molar-refractivity contribution in [3.63, 3.8) is 0 Å². The summed E-state index contributed by atoms with van der Waals surface area (Å²) in [5, 5.41) is 13.8. The van der Waals surface area contributed by atoms with E-state index in [1.165, 1.54) is 6.07 Å². The summed E-state index contributed by atoms with van der Waals surface area (Å²) in [6, 6.07) is 4.57. The number of nitrogens with two attached hydrogens (primary N) is 1. The number of halogens is 1. The minimum Gasteiger partial charge on any atom is -0.368 e. The largest absolute Gasteiger partial charge is 0.368 e. The normalized spacial score (nSPS) is 13.7. The van der Waals surface area contributed by atoms with Gasteiger partial charge in [-0.15, -0.1) is 0 Å². The molecular weight excluding hydrogens is 302 g/mol. The van der Waals surface area contributed by atoms with E-state index in [9.17, 15) is 14.9 Å². The smallest absolute Gasteiger partial charge is 0.293 e. The van der Waals surface area contributed by atoms with E-state index in [0.717, 1.165) is 0 Å². The molecule has 1 atom stereocenters. The summed E-state index contributed by atoms with van der Waals surface area (Å²) in [4.78, 5) is 21.8. The van der Waals surface area contributed by atoms with E-state index in [2.05, 4.69) is 21.2 Å². The molecule has 0 radical (unpaired) electrons. The number of amides is 1. The summed E-state index contributed by atoms with van der Waals surface area (Å²) in [7, 11) is 0. The third-order valence-corrected chi connectivity index (χ3v) is 3.31. The van der Waals surface area contributed by atoms with Crippen LogP contribution in [0.15, 0.2) is 22.7 Å². The Hall–Kier alpha value is -1.63. The van der Waals surface area contributed by atoms with E-state index < -0.39 is 16.4 Å². The molecule has 0 heterocycles. The molecule has 0 fully saturated rings. The first-order valence-corrected chi connectivity index (χ1v) is 6.11. The van der Waals surface area contributed by atoms with Crippen molar-refractivity contribution < 1.29 is 9.72 Å².